The molecule has 1 amide bonds. The molecule has 1 fully saturated rings. The minimum atomic E-state index is -0.659. The monoisotopic (exact) mass is 281 g/mol. The molecule has 6 nitrogen and oxygen atoms in total. The summed E-state index contributed by atoms with van der Waals surface area (Å²) in [5, 5.41) is 14.0. The van der Waals surface area contributed by atoms with Gasteiger partial charge in [0.25, 0.3) is 11.6 Å². The van der Waals surface area contributed by atoms with Gasteiger partial charge in [0.1, 0.15) is 11.4 Å². The number of benzene rings is 1. The van der Waals surface area contributed by atoms with Crippen LogP contribution in [0.25, 0.3) is 0 Å². The third-order valence-electron chi connectivity index (χ3n) is 3.45. The molecule has 0 bridgehead atoms. The lowest BCUT2D eigenvalue weighted by Gasteiger charge is -2.16. The van der Waals surface area contributed by atoms with Crippen LogP contribution in [0.2, 0.25) is 0 Å². The number of amides is 1. The minimum absolute atomic E-state index is 0.180. The van der Waals surface area contributed by atoms with E-state index in [0.717, 1.165) is 31.2 Å². The SMILES string of the molecule is CNCC1CCN(C(=O)c2cc(F)ccc2[N+](=O)[O-])C1. The molecular formula is C13H16FN3O3. The number of nitrogens with zero attached hydrogens (tertiary/aromatic N) is 2. The molecule has 0 spiro atoms. The number of hydrogen-bond donors (Lipinski definition) is 1. The minimum Gasteiger partial charge on any atom is -0.338 e. The first kappa shape index (κ1) is 14.4. The molecule has 1 aliphatic rings. The van der Waals surface area contributed by atoms with Crippen LogP contribution in [0, 0.1) is 21.8 Å². The number of nitro benzene ring substituents is 1. The van der Waals surface area contributed by atoms with E-state index >= 15 is 0 Å². The maximum atomic E-state index is 13.3. The van der Waals surface area contributed by atoms with Gasteiger partial charge in [0, 0.05) is 19.2 Å². The number of carbonyl (C=O) groups is 1. The van der Waals surface area contributed by atoms with Gasteiger partial charge in [-0.2, -0.15) is 0 Å². The Bertz CT molecular complexity index is 536. The van der Waals surface area contributed by atoms with E-state index in [2.05, 4.69) is 5.32 Å². The molecule has 0 aliphatic carbocycles. The van der Waals surface area contributed by atoms with Crippen molar-refractivity contribution in [2.75, 3.05) is 26.7 Å². The van der Waals surface area contributed by atoms with Crippen LogP contribution in [0.15, 0.2) is 18.2 Å². The number of hydrogen-bond acceptors (Lipinski definition) is 4. The van der Waals surface area contributed by atoms with E-state index in [1.165, 1.54) is 0 Å². The smallest absolute Gasteiger partial charge is 0.282 e. The van der Waals surface area contributed by atoms with Crippen LogP contribution in [0.4, 0.5) is 10.1 Å². The van der Waals surface area contributed by atoms with Crippen molar-refractivity contribution in [1.29, 1.82) is 0 Å². The molecule has 1 N–H and O–H groups in total. The standard InChI is InChI=1S/C13H16FN3O3/c1-15-7-9-4-5-16(8-9)13(18)11-6-10(14)2-3-12(11)17(19)20/h2-3,6,9,15H,4-5,7-8H2,1H3. The first-order valence-corrected chi connectivity index (χ1v) is 6.40. The summed E-state index contributed by atoms with van der Waals surface area (Å²) in [6.45, 7) is 1.86. The molecule has 1 saturated heterocycles. The van der Waals surface area contributed by atoms with Crippen molar-refractivity contribution < 1.29 is 14.1 Å². The highest BCUT2D eigenvalue weighted by atomic mass is 19.1. The Morgan fingerprint density at radius 3 is 3.00 bits per heavy atom. The first-order chi connectivity index (χ1) is 9.52. The number of rotatable bonds is 4. The summed E-state index contributed by atoms with van der Waals surface area (Å²) in [6.07, 6.45) is 0.843. The van der Waals surface area contributed by atoms with Crippen molar-refractivity contribution in [1.82, 2.24) is 10.2 Å². The Kier molecular flexibility index (Phi) is 4.29. The topological polar surface area (TPSA) is 75.5 Å². The van der Waals surface area contributed by atoms with Crippen LogP contribution in [0.3, 0.4) is 0 Å². The van der Waals surface area contributed by atoms with E-state index in [-0.39, 0.29) is 11.3 Å². The summed E-state index contributed by atoms with van der Waals surface area (Å²) >= 11 is 0. The van der Waals surface area contributed by atoms with Gasteiger partial charge in [-0.05, 0) is 38.1 Å². The zero-order valence-corrected chi connectivity index (χ0v) is 11.1. The summed E-state index contributed by atoms with van der Waals surface area (Å²) in [7, 11) is 1.84. The highest BCUT2D eigenvalue weighted by Gasteiger charge is 2.30. The van der Waals surface area contributed by atoms with Crippen LogP contribution < -0.4 is 5.32 Å². The quantitative estimate of drug-likeness (QED) is 0.669. The van der Waals surface area contributed by atoms with Gasteiger partial charge in [-0.3, -0.25) is 14.9 Å². The zero-order valence-electron chi connectivity index (χ0n) is 11.1. The molecule has 7 heteroatoms. The van der Waals surface area contributed by atoms with Gasteiger partial charge >= 0.3 is 0 Å². The highest BCUT2D eigenvalue weighted by Crippen LogP contribution is 2.24. The molecule has 0 aromatic heterocycles. The second-order valence-electron chi connectivity index (χ2n) is 4.88. The second-order valence-corrected chi connectivity index (χ2v) is 4.88. The number of halogens is 1. The Labute approximate surface area is 115 Å². The number of nitro groups is 1. The van der Waals surface area contributed by atoms with Crippen molar-refractivity contribution in [2.45, 2.75) is 6.42 Å². The third kappa shape index (κ3) is 2.93. The van der Waals surface area contributed by atoms with Gasteiger partial charge in [0.15, 0.2) is 0 Å². The molecule has 2 rings (SSSR count). The fraction of sp³-hybridized carbons (Fsp3) is 0.462. The molecule has 1 unspecified atom stereocenters. The third-order valence-corrected chi connectivity index (χ3v) is 3.45. The lowest BCUT2D eigenvalue weighted by atomic mass is 10.1. The molecule has 20 heavy (non-hydrogen) atoms. The Morgan fingerprint density at radius 2 is 2.35 bits per heavy atom. The van der Waals surface area contributed by atoms with Gasteiger partial charge < -0.3 is 10.2 Å². The number of nitrogens with one attached hydrogen (secondary N) is 1. The normalized spacial score (nSPS) is 18.3. The van der Waals surface area contributed by atoms with E-state index in [1.807, 2.05) is 7.05 Å². The van der Waals surface area contributed by atoms with Gasteiger partial charge in [-0.15, -0.1) is 0 Å². The van der Waals surface area contributed by atoms with E-state index in [4.69, 9.17) is 0 Å². The van der Waals surface area contributed by atoms with Gasteiger partial charge in [0.05, 0.1) is 4.92 Å². The maximum absolute atomic E-state index is 13.3. The summed E-state index contributed by atoms with van der Waals surface area (Å²) in [6, 6.07) is 2.96. The maximum Gasteiger partial charge on any atom is 0.282 e. The van der Waals surface area contributed by atoms with E-state index in [9.17, 15) is 19.3 Å². The van der Waals surface area contributed by atoms with E-state index in [0.29, 0.717) is 19.0 Å². The van der Waals surface area contributed by atoms with Crippen LogP contribution in [-0.4, -0.2) is 42.4 Å². The predicted molar refractivity (Wildman–Crippen MR) is 71.0 cm³/mol. The fourth-order valence-corrected chi connectivity index (χ4v) is 2.48. The Hall–Kier alpha value is -2.02. The highest BCUT2D eigenvalue weighted by molar-refractivity contribution is 5.98. The van der Waals surface area contributed by atoms with E-state index in [1.54, 1.807) is 4.90 Å². The molecule has 1 heterocycles. The molecule has 1 aliphatic heterocycles. The van der Waals surface area contributed by atoms with Gasteiger partial charge in [-0.1, -0.05) is 0 Å². The lowest BCUT2D eigenvalue weighted by Crippen LogP contribution is -2.30. The van der Waals surface area contributed by atoms with Crippen molar-refractivity contribution in [3.63, 3.8) is 0 Å². The molecule has 0 saturated carbocycles. The predicted octanol–water partition coefficient (Wildman–Crippen LogP) is 1.42. The Balaban J connectivity index is 2.21. The van der Waals surface area contributed by atoms with Crippen molar-refractivity contribution in [3.8, 4) is 0 Å². The average Bonchev–Trinajstić information content (AvgIpc) is 2.86. The molecule has 1 aromatic rings. The molecule has 1 aromatic carbocycles. The summed E-state index contributed by atoms with van der Waals surface area (Å²) in [5.41, 5.74) is -0.534. The van der Waals surface area contributed by atoms with Crippen LogP contribution in [-0.2, 0) is 0 Å². The van der Waals surface area contributed by atoms with Crippen LogP contribution in [0.5, 0.6) is 0 Å². The van der Waals surface area contributed by atoms with Crippen molar-refractivity contribution >= 4 is 11.6 Å². The van der Waals surface area contributed by atoms with Crippen molar-refractivity contribution in [3.05, 3.63) is 39.7 Å². The molecular weight excluding hydrogens is 265 g/mol. The fourth-order valence-electron chi connectivity index (χ4n) is 2.48. The Morgan fingerprint density at radius 1 is 1.60 bits per heavy atom. The average molecular weight is 281 g/mol. The number of carbonyl (C=O) groups excluding carboxylic acids is 1. The van der Waals surface area contributed by atoms with Crippen molar-refractivity contribution in [2.24, 2.45) is 5.92 Å². The lowest BCUT2D eigenvalue weighted by molar-refractivity contribution is -0.385. The zero-order chi connectivity index (χ0) is 14.7. The van der Waals surface area contributed by atoms with Crippen LogP contribution >= 0.6 is 0 Å². The van der Waals surface area contributed by atoms with Crippen LogP contribution in [0.1, 0.15) is 16.8 Å². The summed E-state index contributed by atoms with van der Waals surface area (Å²) in [4.78, 5) is 24.1. The largest absolute Gasteiger partial charge is 0.338 e. The molecule has 108 valence electrons. The van der Waals surface area contributed by atoms with Gasteiger partial charge in [-0.25, -0.2) is 4.39 Å². The summed E-state index contributed by atoms with van der Waals surface area (Å²) < 4.78 is 13.3. The molecule has 1 atom stereocenters. The summed E-state index contributed by atoms with van der Waals surface area (Å²) in [5.74, 6) is -0.795. The van der Waals surface area contributed by atoms with E-state index < -0.39 is 16.6 Å². The first-order valence-electron chi connectivity index (χ1n) is 6.40. The second kappa shape index (κ2) is 5.96. The number of likely N-dealkylation sites (tertiary alicyclic amines) is 1. The molecule has 0 radical (unpaired) electrons. The van der Waals surface area contributed by atoms with Gasteiger partial charge in [0.2, 0.25) is 0 Å².